The summed E-state index contributed by atoms with van der Waals surface area (Å²) in [6.45, 7) is 11.5. The maximum Gasteiger partial charge on any atom is 0.339 e. The van der Waals surface area contributed by atoms with Crippen molar-refractivity contribution in [1.29, 1.82) is 0 Å². The van der Waals surface area contributed by atoms with Crippen LogP contribution in [0.1, 0.15) is 54.7 Å². The first-order valence-corrected chi connectivity index (χ1v) is 11.5. The van der Waals surface area contributed by atoms with Gasteiger partial charge < -0.3 is 14.2 Å². The summed E-state index contributed by atoms with van der Waals surface area (Å²) in [4.78, 5) is 17.7. The molecule has 0 bridgehead atoms. The fraction of sp³-hybridized carbons (Fsp3) is 0.310. The fourth-order valence-electron chi connectivity index (χ4n) is 4.33. The zero-order valence-corrected chi connectivity index (χ0v) is 21.2. The molecular formula is C29H30FNO4. The number of carbonyl (C=O) groups is 1. The molecule has 1 aliphatic rings. The summed E-state index contributed by atoms with van der Waals surface area (Å²) in [5, 5.41) is 0. The van der Waals surface area contributed by atoms with Crippen molar-refractivity contribution in [1.82, 2.24) is 0 Å². The lowest BCUT2D eigenvalue weighted by atomic mass is 9.86. The Bertz CT molecular complexity index is 1320. The third kappa shape index (κ3) is 4.71. The molecule has 6 heteroatoms. The van der Waals surface area contributed by atoms with E-state index < -0.39 is 23.5 Å². The summed E-state index contributed by atoms with van der Waals surface area (Å²) < 4.78 is 32.3. The van der Waals surface area contributed by atoms with Gasteiger partial charge in [0.1, 0.15) is 17.3 Å². The average Bonchev–Trinajstić information content (AvgIpc) is 3.01. The van der Waals surface area contributed by atoms with Crippen molar-refractivity contribution in [3.05, 3.63) is 76.1 Å². The number of nitrogens with zero attached hydrogens (tertiary/aromatic N) is 1. The maximum absolute atomic E-state index is 14.6. The van der Waals surface area contributed by atoms with Crippen LogP contribution in [0.15, 0.2) is 47.5 Å². The van der Waals surface area contributed by atoms with Crippen molar-refractivity contribution in [2.75, 3.05) is 7.11 Å². The van der Waals surface area contributed by atoms with Crippen LogP contribution >= 0.6 is 0 Å². The number of halogens is 1. The number of hydrogen-bond donors (Lipinski definition) is 0. The van der Waals surface area contributed by atoms with Gasteiger partial charge in [-0.3, -0.25) is 4.99 Å². The number of benzene rings is 3. The van der Waals surface area contributed by atoms with Gasteiger partial charge >= 0.3 is 5.97 Å². The van der Waals surface area contributed by atoms with Gasteiger partial charge in [0, 0.05) is 17.3 Å². The minimum atomic E-state index is -1.00. The monoisotopic (exact) mass is 475 g/mol. The molecule has 0 saturated heterocycles. The molecule has 0 aliphatic carbocycles. The molecule has 182 valence electrons. The highest BCUT2D eigenvalue weighted by atomic mass is 19.1. The molecule has 0 aromatic heterocycles. The van der Waals surface area contributed by atoms with Crippen molar-refractivity contribution >= 4 is 17.9 Å². The van der Waals surface area contributed by atoms with Crippen molar-refractivity contribution in [2.45, 2.75) is 53.2 Å². The first kappa shape index (κ1) is 24.6. The molecule has 0 N–H and O–H groups in total. The second kappa shape index (κ2) is 9.27. The van der Waals surface area contributed by atoms with Gasteiger partial charge in [-0.05, 0) is 70.4 Å². The zero-order valence-electron chi connectivity index (χ0n) is 21.2. The zero-order chi connectivity index (χ0) is 25.5. The molecule has 4 rings (SSSR count). The van der Waals surface area contributed by atoms with Crippen molar-refractivity contribution in [3.8, 4) is 22.6 Å². The highest BCUT2D eigenvalue weighted by Crippen LogP contribution is 2.50. The number of methoxy groups -OCH3 is 1. The Morgan fingerprint density at radius 1 is 1.03 bits per heavy atom. The van der Waals surface area contributed by atoms with Crippen LogP contribution in [0, 0.1) is 26.6 Å². The summed E-state index contributed by atoms with van der Waals surface area (Å²) in [6, 6.07) is 12.7. The molecule has 0 amide bonds. The Morgan fingerprint density at radius 3 is 2.34 bits per heavy atom. The number of fused-ring (bicyclic) bond motifs is 2. The Balaban J connectivity index is 2.07. The second-order valence-corrected chi connectivity index (χ2v) is 9.73. The molecule has 3 aromatic rings. The molecule has 35 heavy (non-hydrogen) atoms. The first-order chi connectivity index (χ1) is 16.5. The van der Waals surface area contributed by atoms with Crippen LogP contribution in [0.4, 0.5) is 10.1 Å². The van der Waals surface area contributed by atoms with Gasteiger partial charge in [-0.25, -0.2) is 9.18 Å². The Kier molecular flexibility index (Phi) is 6.52. The van der Waals surface area contributed by atoms with E-state index in [1.165, 1.54) is 19.4 Å². The van der Waals surface area contributed by atoms with Crippen LogP contribution in [0.25, 0.3) is 11.1 Å². The molecule has 1 atom stereocenters. The summed E-state index contributed by atoms with van der Waals surface area (Å²) in [5.41, 5.74) is 5.10. The molecule has 0 unspecified atom stereocenters. The number of carbonyl (C=O) groups excluding carboxylic acids is 1. The summed E-state index contributed by atoms with van der Waals surface area (Å²) in [7, 11) is 1.35. The van der Waals surface area contributed by atoms with Gasteiger partial charge in [-0.1, -0.05) is 35.9 Å². The molecular weight excluding hydrogens is 445 g/mol. The van der Waals surface area contributed by atoms with E-state index in [-0.39, 0.29) is 5.56 Å². The number of aryl methyl sites for hydroxylation is 1. The van der Waals surface area contributed by atoms with E-state index in [1.54, 1.807) is 12.1 Å². The Morgan fingerprint density at radius 2 is 1.71 bits per heavy atom. The Labute approximate surface area is 205 Å². The maximum atomic E-state index is 14.6. The molecule has 5 nitrogen and oxygen atoms in total. The molecule has 0 fully saturated rings. The number of ether oxygens (including phenoxy) is 3. The van der Waals surface area contributed by atoms with Gasteiger partial charge in [0.2, 0.25) is 0 Å². The highest BCUT2D eigenvalue weighted by Gasteiger charge is 2.35. The van der Waals surface area contributed by atoms with Crippen LogP contribution in [0.2, 0.25) is 0 Å². The van der Waals surface area contributed by atoms with Gasteiger partial charge in [0.25, 0.3) is 0 Å². The smallest absolute Gasteiger partial charge is 0.339 e. The SMILES string of the molecule is COC(=O)[C@@H](OC(C)(C)C)c1c(C)c2c(c(C)c1-c1ccc(C)cc1)Oc1cccc(F)c1C=N2. The van der Waals surface area contributed by atoms with E-state index in [4.69, 9.17) is 14.2 Å². The minimum Gasteiger partial charge on any atom is -0.467 e. The number of hydrogen-bond acceptors (Lipinski definition) is 5. The van der Waals surface area contributed by atoms with Crippen LogP contribution in [0.3, 0.4) is 0 Å². The van der Waals surface area contributed by atoms with Crippen LogP contribution in [0.5, 0.6) is 11.5 Å². The van der Waals surface area contributed by atoms with Gasteiger partial charge in [-0.15, -0.1) is 0 Å². The van der Waals surface area contributed by atoms with E-state index in [2.05, 4.69) is 4.99 Å². The molecule has 0 spiro atoms. The Hall–Kier alpha value is -3.51. The van der Waals surface area contributed by atoms with E-state index >= 15 is 0 Å². The lowest BCUT2D eigenvalue weighted by Crippen LogP contribution is -2.29. The van der Waals surface area contributed by atoms with E-state index in [9.17, 15) is 9.18 Å². The molecule has 0 radical (unpaired) electrons. The van der Waals surface area contributed by atoms with E-state index in [1.807, 2.05) is 65.8 Å². The summed E-state index contributed by atoms with van der Waals surface area (Å²) in [6.07, 6.45) is 0.466. The molecule has 3 aromatic carbocycles. The van der Waals surface area contributed by atoms with Crippen LogP contribution in [-0.4, -0.2) is 24.9 Å². The minimum absolute atomic E-state index is 0.274. The van der Waals surface area contributed by atoms with Gasteiger partial charge in [0.05, 0.1) is 18.3 Å². The molecule has 1 heterocycles. The molecule has 1 aliphatic heterocycles. The van der Waals surface area contributed by atoms with E-state index in [0.29, 0.717) is 28.3 Å². The van der Waals surface area contributed by atoms with Gasteiger partial charge in [-0.2, -0.15) is 0 Å². The van der Waals surface area contributed by atoms with E-state index in [0.717, 1.165) is 22.3 Å². The topological polar surface area (TPSA) is 57.1 Å². The quantitative estimate of drug-likeness (QED) is 0.291. The first-order valence-electron chi connectivity index (χ1n) is 11.5. The van der Waals surface area contributed by atoms with Crippen LogP contribution in [-0.2, 0) is 14.3 Å². The summed E-state index contributed by atoms with van der Waals surface area (Å²) >= 11 is 0. The number of rotatable bonds is 4. The largest absolute Gasteiger partial charge is 0.467 e. The predicted molar refractivity (Wildman–Crippen MR) is 135 cm³/mol. The van der Waals surface area contributed by atoms with Crippen LogP contribution < -0.4 is 4.74 Å². The fourth-order valence-corrected chi connectivity index (χ4v) is 4.33. The van der Waals surface area contributed by atoms with Crippen molar-refractivity contribution in [3.63, 3.8) is 0 Å². The highest BCUT2D eigenvalue weighted by molar-refractivity contribution is 5.93. The standard InChI is InChI=1S/C29H30FNO4/c1-16-11-13-19(14-12-16)23-18(3)26-25(31-15-20-21(30)9-8-10-22(20)34-26)17(2)24(23)27(28(32)33-7)35-29(4,5)6/h8-15,27H,1-7H3/t27-/m0/s1. The third-order valence-electron chi connectivity index (χ3n) is 6.00. The van der Waals surface area contributed by atoms with Gasteiger partial charge in [0.15, 0.2) is 11.9 Å². The number of aliphatic imine (C=N–C) groups is 1. The number of esters is 1. The molecule has 0 saturated carbocycles. The van der Waals surface area contributed by atoms with Crippen molar-refractivity contribution in [2.24, 2.45) is 4.99 Å². The lowest BCUT2D eigenvalue weighted by Gasteiger charge is -2.30. The second-order valence-electron chi connectivity index (χ2n) is 9.73. The third-order valence-corrected chi connectivity index (χ3v) is 6.00. The van der Waals surface area contributed by atoms with Crippen molar-refractivity contribution < 1.29 is 23.4 Å². The normalized spacial score (nSPS) is 13.4. The summed E-state index contributed by atoms with van der Waals surface area (Å²) in [5.74, 6) is -0.0321. The predicted octanol–water partition coefficient (Wildman–Crippen LogP) is 7.30. The lowest BCUT2D eigenvalue weighted by molar-refractivity contribution is -0.164. The average molecular weight is 476 g/mol.